The molecular weight excluding hydrogens is 344 g/mol. The fraction of sp³-hybridized carbons (Fsp3) is 0.240. The van der Waals surface area contributed by atoms with Gasteiger partial charge in [-0.15, -0.1) is 0 Å². The quantitative estimate of drug-likeness (QED) is 0.584. The molecule has 3 aromatic carbocycles. The van der Waals surface area contributed by atoms with E-state index >= 15 is 0 Å². The number of hydrogen-bond donors (Lipinski definition) is 0. The largest absolute Gasteiger partial charge is 0.464 e. The average molecular weight is 368 g/mol. The SMILES string of the molecule is CCc1ccc(C2Oc3ccccc3C3CC(c4ccc(C)cc4)=NN32)cc1. The maximum atomic E-state index is 6.43. The molecule has 0 saturated heterocycles. The van der Waals surface area contributed by atoms with Gasteiger partial charge in [-0.1, -0.05) is 79.2 Å². The van der Waals surface area contributed by atoms with Crippen LogP contribution in [0.2, 0.25) is 0 Å². The Morgan fingerprint density at radius 2 is 1.71 bits per heavy atom. The molecule has 0 saturated carbocycles. The lowest BCUT2D eigenvalue weighted by molar-refractivity contribution is -0.0190. The van der Waals surface area contributed by atoms with Crippen molar-refractivity contribution in [3.8, 4) is 5.75 Å². The molecule has 0 fully saturated rings. The van der Waals surface area contributed by atoms with Crippen LogP contribution in [0.1, 0.15) is 53.4 Å². The molecule has 28 heavy (non-hydrogen) atoms. The van der Waals surface area contributed by atoms with Crippen LogP contribution in [0.3, 0.4) is 0 Å². The summed E-state index contributed by atoms with van der Waals surface area (Å²) < 4.78 is 6.43. The molecule has 3 heteroatoms. The highest BCUT2D eigenvalue weighted by Gasteiger charge is 2.40. The first-order valence-electron chi connectivity index (χ1n) is 10.00. The molecule has 5 rings (SSSR count). The number of hydrazone groups is 1. The first kappa shape index (κ1) is 17.1. The Hall–Kier alpha value is -3.07. The van der Waals surface area contributed by atoms with E-state index in [-0.39, 0.29) is 12.3 Å². The summed E-state index contributed by atoms with van der Waals surface area (Å²) in [7, 11) is 0. The molecule has 3 nitrogen and oxygen atoms in total. The van der Waals surface area contributed by atoms with Crippen LogP contribution >= 0.6 is 0 Å². The van der Waals surface area contributed by atoms with Gasteiger partial charge in [0.15, 0.2) is 0 Å². The van der Waals surface area contributed by atoms with Crippen LogP contribution < -0.4 is 4.74 Å². The Kier molecular flexibility index (Phi) is 4.16. The second kappa shape index (κ2) is 6.83. The van der Waals surface area contributed by atoms with Gasteiger partial charge in [0.2, 0.25) is 6.23 Å². The summed E-state index contributed by atoms with van der Waals surface area (Å²) in [5, 5.41) is 7.19. The fourth-order valence-corrected chi connectivity index (χ4v) is 4.09. The van der Waals surface area contributed by atoms with E-state index in [0.29, 0.717) is 0 Å². The van der Waals surface area contributed by atoms with Crippen LogP contribution in [0.25, 0.3) is 0 Å². The van der Waals surface area contributed by atoms with Crippen molar-refractivity contribution in [3.63, 3.8) is 0 Å². The number of para-hydroxylation sites is 1. The maximum absolute atomic E-state index is 6.43. The van der Waals surface area contributed by atoms with Crippen LogP contribution in [-0.4, -0.2) is 10.7 Å². The second-order valence-electron chi connectivity index (χ2n) is 7.62. The number of hydrogen-bond acceptors (Lipinski definition) is 3. The molecule has 2 aliphatic rings. The molecule has 0 radical (unpaired) electrons. The van der Waals surface area contributed by atoms with Crippen LogP contribution in [-0.2, 0) is 6.42 Å². The van der Waals surface area contributed by atoms with E-state index in [0.717, 1.165) is 29.9 Å². The molecule has 0 aliphatic carbocycles. The lowest BCUT2D eigenvalue weighted by Crippen LogP contribution is -2.33. The van der Waals surface area contributed by atoms with Gasteiger partial charge >= 0.3 is 0 Å². The third kappa shape index (κ3) is 2.88. The van der Waals surface area contributed by atoms with E-state index in [1.165, 1.54) is 22.3 Å². The highest BCUT2D eigenvalue weighted by Crippen LogP contribution is 2.47. The third-order valence-corrected chi connectivity index (χ3v) is 5.76. The van der Waals surface area contributed by atoms with Crippen LogP contribution in [0.5, 0.6) is 5.75 Å². The van der Waals surface area contributed by atoms with Gasteiger partial charge in [-0.2, -0.15) is 5.10 Å². The zero-order chi connectivity index (χ0) is 19.1. The zero-order valence-electron chi connectivity index (χ0n) is 16.3. The predicted octanol–water partition coefficient (Wildman–Crippen LogP) is 5.80. The molecule has 0 N–H and O–H groups in total. The van der Waals surface area contributed by atoms with Crippen molar-refractivity contribution in [1.29, 1.82) is 0 Å². The topological polar surface area (TPSA) is 24.8 Å². The molecular formula is C25H24N2O. The summed E-state index contributed by atoms with van der Waals surface area (Å²) in [6.45, 7) is 4.29. The first-order valence-corrected chi connectivity index (χ1v) is 10.00. The highest BCUT2D eigenvalue weighted by molar-refractivity contribution is 6.02. The van der Waals surface area contributed by atoms with Crippen molar-refractivity contribution in [2.45, 2.75) is 39.0 Å². The lowest BCUT2D eigenvalue weighted by Gasteiger charge is -2.38. The zero-order valence-corrected chi connectivity index (χ0v) is 16.3. The smallest absolute Gasteiger partial charge is 0.213 e. The van der Waals surface area contributed by atoms with Crippen LogP contribution in [0, 0.1) is 6.92 Å². The summed E-state index contributed by atoms with van der Waals surface area (Å²) in [5.41, 5.74) is 7.28. The summed E-state index contributed by atoms with van der Waals surface area (Å²) in [4.78, 5) is 0. The van der Waals surface area contributed by atoms with E-state index < -0.39 is 0 Å². The van der Waals surface area contributed by atoms with Gasteiger partial charge in [0.25, 0.3) is 0 Å². The lowest BCUT2D eigenvalue weighted by atomic mass is 9.95. The standard InChI is InChI=1S/C25H24N2O/c1-3-18-10-14-20(15-11-18)25-27-23(21-6-4-5-7-24(21)28-25)16-22(26-27)19-12-8-17(2)9-13-19/h4-15,23,25H,3,16H2,1-2H3. The van der Waals surface area contributed by atoms with Gasteiger partial charge in [-0.05, 0) is 30.5 Å². The van der Waals surface area contributed by atoms with E-state index in [1.54, 1.807) is 0 Å². The van der Waals surface area contributed by atoms with Gasteiger partial charge in [0.1, 0.15) is 5.75 Å². The molecule has 140 valence electrons. The van der Waals surface area contributed by atoms with E-state index in [4.69, 9.17) is 9.84 Å². The molecule has 2 aliphatic heterocycles. The number of ether oxygens (including phenoxy) is 1. The van der Waals surface area contributed by atoms with E-state index in [9.17, 15) is 0 Å². The van der Waals surface area contributed by atoms with Gasteiger partial charge < -0.3 is 4.74 Å². The summed E-state index contributed by atoms with van der Waals surface area (Å²) in [6.07, 6.45) is 1.73. The maximum Gasteiger partial charge on any atom is 0.213 e. The second-order valence-corrected chi connectivity index (χ2v) is 7.62. The molecule has 0 bridgehead atoms. The van der Waals surface area contributed by atoms with Crippen molar-refractivity contribution in [3.05, 3.63) is 101 Å². The van der Waals surface area contributed by atoms with Crippen LogP contribution in [0.15, 0.2) is 77.9 Å². The van der Waals surface area contributed by atoms with E-state index in [1.807, 2.05) is 6.07 Å². The number of nitrogens with zero attached hydrogens (tertiary/aromatic N) is 2. The Morgan fingerprint density at radius 1 is 0.964 bits per heavy atom. The molecule has 2 heterocycles. The molecule has 3 aromatic rings. The van der Waals surface area contributed by atoms with Crippen molar-refractivity contribution < 1.29 is 4.74 Å². The van der Waals surface area contributed by atoms with Crippen molar-refractivity contribution in [1.82, 2.24) is 5.01 Å². The van der Waals surface area contributed by atoms with Gasteiger partial charge in [0.05, 0.1) is 11.8 Å². The molecule has 0 amide bonds. The number of aryl methyl sites for hydroxylation is 2. The molecule has 2 unspecified atom stereocenters. The predicted molar refractivity (Wildman–Crippen MR) is 113 cm³/mol. The molecule has 0 spiro atoms. The van der Waals surface area contributed by atoms with Crippen LogP contribution in [0.4, 0.5) is 0 Å². The summed E-state index contributed by atoms with van der Waals surface area (Å²) >= 11 is 0. The Bertz CT molecular complexity index is 1020. The molecule has 0 aromatic heterocycles. The number of fused-ring (bicyclic) bond motifs is 3. The van der Waals surface area contributed by atoms with E-state index in [2.05, 4.69) is 85.6 Å². The normalized spacial score (nSPS) is 20.2. The van der Waals surface area contributed by atoms with Crippen molar-refractivity contribution in [2.24, 2.45) is 5.10 Å². The minimum absolute atomic E-state index is 0.200. The average Bonchev–Trinajstić information content (AvgIpc) is 3.19. The number of rotatable bonds is 3. The Morgan fingerprint density at radius 3 is 2.46 bits per heavy atom. The monoisotopic (exact) mass is 368 g/mol. The molecule has 2 atom stereocenters. The van der Waals surface area contributed by atoms with Gasteiger partial charge in [-0.3, -0.25) is 0 Å². The van der Waals surface area contributed by atoms with Gasteiger partial charge in [0, 0.05) is 17.5 Å². The first-order chi connectivity index (χ1) is 13.7. The Balaban J connectivity index is 1.56. The van der Waals surface area contributed by atoms with Crippen molar-refractivity contribution >= 4 is 5.71 Å². The summed E-state index contributed by atoms with van der Waals surface area (Å²) in [5.74, 6) is 0.966. The third-order valence-electron chi connectivity index (χ3n) is 5.76. The summed E-state index contributed by atoms with van der Waals surface area (Å²) in [6, 6.07) is 25.9. The minimum atomic E-state index is -0.200. The minimum Gasteiger partial charge on any atom is -0.464 e. The van der Waals surface area contributed by atoms with Gasteiger partial charge in [-0.25, -0.2) is 5.01 Å². The highest BCUT2D eigenvalue weighted by atomic mass is 16.5. The Labute approximate surface area is 166 Å². The van der Waals surface area contributed by atoms with Crippen molar-refractivity contribution in [2.75, 3.05) is 0 Å². The fourth-order valence-electron chi connectivity index (χ4n) is 4.09. The number of benzene rings is 3.